The Hall–Kier alpha value is -7.21. The standard InChI is InChI=1S/C45H42F2N10O6/c1-23-17-29(18-24(2)37(23)46)57-40(55-15-14-54(44(55)61)34-10-9-33-30(38(34)47)22-48-52(33)6)36-25(3)53(13-11-31(36)50-57)41(58)35-20-28-19-26(27-12-16-62-45(4,5)21-27)7-8-32(28)56(35)42(59)39-49-43(60)63-51-39/h7-10,14-15,17-20,22,25,27H,11-13,16,21H2,1-6H3,(H,49,51,60)/t25-,27-/m0/s1. The monoisotopic (exact) mass is 856 g/mol. The molecule has 7 heterocycles. The summed E-state index contributed by atoms with van der Waals surface area (Å²) in [5.74, 6) is -3.15. The van der Waals surface area contributed by atoms with Gasteiger partial charge < -0.3 is 9.64 Å². The van der Waals surface area contributed by atoms with Gasteiger partial charge in [0.2, 0.25) is 5.82 Å². The Balaban J connectivity index is 1.11. The van der Waals surface area contributed by atoms with E-state index < -0.39 is 35.1 Å². The Kier molecular flexibility index (Phi) is 9.14. The van der Waals surface area contributed by atoms with Crippen LogP contribution in [0.5, 0.6) is 0 Å². The first-order valence-electron chi connectivity index (χ1n) is 20.6. The minimum absolute atomic E-state index is 0.00662. The van der Waals surface area contributed by atoms with Gasteiger partial charge in [-0.25, -0.2) is 23.1 Å². The number of carbonyl (C=O) groups excluding carboxylic acids is 2. The van der Waals surface area contributed by atoms with Gasteiger partial charge in [-0.1, -0.05) is 6.07 Å². The maximum Gasteiger partial charge on any atom is 0.439 e. The van der Waals surface area contributed by atoms with Gasteiger partial charge in [-0.15, -0.1) is 0 Å². The average molecular weight is 857 g/mol. The summed E-state index contributed by atoms with van der Waals surface area (Å²) >= 11 is 0. The fraction of sp³-hybridized carbons (Fsp3) is 0.311. The van der Waals surface area contributed by atoms with Gasteiger partial charge in [0.25, 0.3) is 5.91 Å². The molecule has 0 bridgehead atoms. The number of H-pyrrole nitrogens is 1. The zero-order valence-corrected chi connectivity index (χ0v) is 35.3. The topological polar surface area (TPSA) is 173 Å². The molecule has 5 aromatic heterocycles. The summed E-state index contributed by atoms with van der Waals surface area (Å²) in [7, 11) is 1.70. The molecule has 1 saturated heterocycles. The van der Waals surface area contributed by atoms with E-state index in [1.54, 1.807) is 67.7 Å². The summed E-state index contributed by atoms with van der Waals surface area (Å²) in [5.41, 5.74) is 3.40. The minimum Gasteiger partial charge on any atom is -0.376 e. The summed E-state index contributed by atoms with van der Waals surface area (Å²) < 4.78 is 48.6. The Morgan fingerprint density at radius 1 is 0.937 bits per heavy atom. The van der Waals surface area contributed by atoms with Gasteiger partial charge in [-0.3, -0.25) is 37.5 Å². The third-order valence-electron chi connectivity index (χ3n) is 12.5. The van der Waals surface area contributed by atoms with Crippen LogP contribution in [0.15, 0.2) is 81.2 Å². The SMILES string of the molecule is Cc1cc(-n2nc3c(c2-n2ccn(-c4ccc5c(cnn5C)c4F)c2=O)[C@H](C)N(C(=O)c2cc4cc([C@H]5CCOC(C)(C)C5)ccc4n2C(=O)c2noc(=O)[nH]2)CC3)cc(C)c1F. The molecule has 1 fully saturated rings. The van der Waals surface area contributed by atoms with E-state index in [1.165, 1.54) is 43.0 Å². The summed E-state index contributed by atoms with van der Waals surface area (Å²) in [4.78, 5) is 59.8. The third kappa shape index (κ3) is 6.37. The van der Waals surface area contributed by atoms with E-state index in [9.17, 15) is 14.4 Å². The molecule has 322 valence electrons. The van der Waals surface area contributed by atoms with Crippen molar-refractivity contribution in [3.05, 3.63) is 139 Å². The van der Waals surface area contributed by atoms with Crippen LogP contribution >= 0.6 is 0 Å². The highest BCUT2D eigenvalue weighted by Gasteiger charge is 2.38. The first kappa shape index (κ1) is 39.9. The van der Waals surface area contributed by atoms with E-state index >= 15 is 13.6 Å². The number of benzene rings is 3. The fourth-order valence-corrected chi connectivity index (χ4v) is 9.43. The number of amides is 1. The summed E-state index contributed by atoms with van der Waals surface area (Å²) in [6.07, 6.45) is 6.21. The molecule has 0 aliphatic carbocycles. The Labute approximate surface area is 356 Å². The van der Waals surface area contributed by atoms with Crippen molar-refractivity contribution in [1.82, 2.24) is 48.3 Å². The van der Waals surface area contributed by atoms with Crippen molar-refractivity contribution in [1.29, 1.82) is 0 Å². The van der Waals surface area contributed by atoms with Crippen LogP contribution in [-0.2, 0) is 18.2 Å². The zero-order valence-electron chi connectivity index (χ0n) is 35.3. The predicted octanol–water partition coefficient (Wildman–Crippen LogP) is 6.35. The quantitative estimate of drug-likeness (QED) is 0.200. The second-order valence-corrected chi connectivity index (χ2v) is 17.1. The largest absolute Gasteiger partial charge is 0.439 e. The number of aromatic nitrogens is 9. The molecule has 3 aromatic carbocycles. The van der Waals surface area contributed by atoms with E-state index in [-0.39, 0.29) is 58.7 Å². The molecule has 1 N–H and O–H groups in total. The smallest absolute Gasteiger partial charge is 0.376 e. The molecule has 0 radical (unpaired) electrons. The molecule has 2 aliphatic heterocycles. The van der Waals surface area contributed by atoms with Crippen molar-refractivity contribution in [3.63, 3.8) is 0 Å². The number of imidazole rings is 1. The van der Waals surface area contributed by atoms with Crippen LogP contribution in [0.3, 0.4) is 0 Å². The lowest BCUT2D eigenvalue weighted by molar-refractivity contribution is -0.0592. The van der Waals surface area contributed by atoms with E-state index in [1.807, 2.05) is 12.1 Å². The first-order valence-corrected chi connectivity index (χ1v) is 20.6. The van der Waals surface area contributed by atoms with Crippen molar-refractivity contribution in [2.75, 3.05) is 13.2 Å². The van der Waals surface area contributed by atoms with Gasteiger partial charge in [0, 0.05) is 50.0 Å². The normalized spacial score (nSPS) is 17.5. The molecule has 2 aliphatic rings. The lowest BCUT2D eigenvalue weighted by atomic mass is 9.83. The molecule has 1 amide bonds. The number of rotatable bonds is 6. The van der Waals surface area contributed by atoms with Crippen molar-refractivity contribution in [3.8, 4) is 17.2 Å². The molecule has 10 rings (SSSR count). The second kappa shape index (κ2) is 14.4. The number of hydrogen-bond donors (Lipinski definition) is 1. The van der Waals surface area contributed by atoms with E-state index in [4.69, 9.17) is 9.84 Å². The van der Waals surface area contributed by atoms with Gasteiger partial charge in [0.05, 0.1) is 51.3 Å². The van der Waals surface area contributed by atoms with E-state index in [2.05, 4.69) is 33.6 Å². The number of fused-ring (bicyclic) bond motifs is 3. The minimum atomic E-state index is -0.926. The molecular formula is C45H42F2N10O6. The van der Waals surface area contributed by atoms with Gasteiger partial charge >= 0.3 is 17.4 Å². The van der Waals surface area contributed by atoms with Crippen LogP contribution in [0.25, 0.3) is 39.0 Å². The molecule has 63 heavy (non-hydrogen) atoms. The molecule has 16 nitrogen and oxygen atoms in total. The maximum atomic E-state index is 16.1. The van der Waals surface area contributed by atoms with Gasteiger partial charge in [-0.05, 0) is 118 Å². The van der Waals surface area contributed by atoms with Gasteiger partial charge in [0.1, 0.15) is 17.3 Å². The molecule has 0 unspecified atom stereocenters. The lowest BCUT2D eigenvalue weighted by Gasteiger charge is -2.35. The number of ether oxygens (including phenoxy) is 1. The van der Waals surface area contributed by atoms with Crippen molar-refractivity contribution in [2.45, 2.75) is 71.4 Å². The highest BCUT2D eigenvalue weighted by Crippen LogP contribution is 2.39. The van der Waals surface area contributed by atoms with Crippen LogP contribution < -0.4 is 11.4 Å². The summed E-state index contributed by atoms with van der Waals surface area (Å²) in [5, 5.41) is 13.7. The van der Waals surface area contributed by atoms with Crippen LogP contribution in [0.4, 0.5) is 8.78 Å². The van der Waals surface area contributed by atoms with Crippen LogP contribution in [0, 0.1) is 25.5 Å². The number of aryl methyl sites for hydroxylation is 3. The zero-order chi connectivity index (χ0) is 44.2. The Morgan fingerprint density at radius 2 is 1.68 bits per heavy atom. The molecular weight excluding hydrogens is 815 g/mol. The van der Waals surface area contributed by atoms with Gasteiger partial charge in [0.15, 0.2) is 5.82 Å². The molecule has 18 heteroatoms. The Morgan fingerprint density at radius 3 is 2.41 bits per heavy atom. The van der Waals surface area contributed by atoms with Crippen molar-refractivity contribution in [2.24, 2.45) is 7.05 Å². The second-order valence-electron chi connectivity index (χ2n) is 17.1. The van der Waals surface area contributed by atoms with Crippen LogP contribution in [0.2, 0.25) is 0 Å². The lowest BCUT2D eigenvalue weighted by Crippen LogP contribution is -2.40. The van der Waals surface area contributed by atoms with Crippen LogP contribution in [-0.4, -0.2) is 78.9 Å². The number of carbonyl (C=O) groups is 2. The average Bonchev–Trinajstić information content (AvgIpc) is 4.09. The fourth-order valence-electron chi connectivity index (χ4n) is 9.43. The highest BCUT2D eigenvalue weighted by atomic mass is 19.1. The number of nitrogens with zero attached hydrogens (tertiary/aromatic N) is 9. The van der Waals surface area contributed by atoms with E-state index in [0.717, 1.165) is 18.4 Å². The summed E-state index contributed by atoms with van der Waals surface area (Å²) in [6.45, 7) is 9.97. The predicted molar refractivity (Wildman–Crippen MR) is 226 cm³/mol. The number of halogens is 2. The maximum absolute atomic E-state index is 16.1. The molecule has 0 saturated carbocycles. The third-order valence-corrected chi connectivity index (χ3v) is 12.5. The van der Waals surface area contributed by atoms with Crippen molar-refractivity contribution < 1.29 is 27.6 Å². The summed E-state index contributed by atoms with van der Waals surface area (Å²) in [6, 6.07) is 13.1. The number of aromatic amines is 1. The molecule has 2 atom stereocenters. The molecule has 8 aromatic rings. The number of hydrogen-bond acceptors (Lipinski definition) is 9. The molecule has 0 spiro atoms. The van der Waals surface area contributed by atoms with Crippen molar-refractivity contribution >= 4 is 33.6 Å². The Bertz CT molecular complexity index is 3300. The van der Waals surface area contributed by atoms with Crippen LogP contribution in [0.1, 0.15) is 94.6 Å². The van der Waals surface area contributed by atoms with Gasteiger partial charge in [-0.2, -0.15) is 10.2 Å². The highest BCUT2D eigenvalue weighted by molar-refractivity contribution is 6.08. The first-order chi connectivity index (χ1) is 30.1. The van der Waals surface area contributed by atoms with E-state index in [0.29, 0.717) is 51.1 Å². The number of nitrogens with one attached hydrogen (secondary N) is 1.